The highest BCUT2D eigenvalue weighted by molar-refractivity contribution is 5.02. The van der Waals surface area contributed by atoms with Crippen molar-refractivity contribution in [2.75, 3.05) is 26.7 Å². The lowest BCUT2D eigenvalue weighted by Gasteiger charge is -2.54. The van der Waals surface area contributed by atoms with Crippen LogP contribution >= 0.6 is 0 Å². The van der Waals surface area contributed by atoms with Gasteiger partial charge in [0.1, 0.15) is 0 Å². The van der Waals surface area contributed by atoms with Crippen LogP contribution in [0, 0.1) is 5.92 Å². The molecule has 2 rings (SSSR count). The van der Waals surface area contributed by atoms with Crippen LogP contribution < -0.4 is 5.73 Å². The lowest BCUT2D eigenvalue weighted by atomic mass is 9.71. The Balaban J connectivity index is 2.16. The third-order valence-corrected chi connectivity index (χ3v) is 5.55. The van der Waals surface area contributed by atoms with Crippen LogP contribution in [0.5, 0.6) is 0 Å². The van der Waals surface area contributed by atoms with Crippen molar-refractivity contribution in [2.24, 2.45) is 11.7 Å². The number of methoxy groups -OCH3 is 1. The van der Waals surface area contributed by atoms with E-state index in [0.717, 1.165) is 19.0 Å². The highest BCUT2D eigenvalue weighted by Gasteiger charge is 2.45. The molecule has 3 heteroatoms. The third-order valence-electron chi connectivity index (χ3n) is 5.55. The van der Waals surface area contributed by atoms with Crippen LogP contribution in [-0.2, 0) is 4.74 Å². The van der Waals surface area contributed by atoms with E-state index in [0.29, 0.717) is 0 Å². The number of hydrogen-bond acceptors (Lipinski definition) is 3. The number of ether oxygens (including phenoxy) is 1. The topological polar surface area (TPSA) is 38.5 Å². The first-order valence-electron chi connectivity index (χ1n) is 7.57. The average Bonchev–Trinajstić information content (AvgIpc) is 2.40. The lowest BCUT2D eigenvalue weighted by molar-refractivity contribution is -0.0988. The highest BCUT2D eigenvalue weighted by atomic mass is 16.5. The molecule has 1 aliphatic carbocycles. The molecule has 0 aromatic carbocycles. The van der Waals surface area contributed by atoms with Gasteiger partial charge in [0.05, 0.1) is 5.60 Å². The second kappa shape index (κ2) is 5.48. The molecule has 3 nitrogen and oxygen atoms in total. The summed E-state index contributed by atoms with van der Waals surface area (Å²) in [6, 6.07) is 0. The summed E-state index contributed by atoms with van der Waals surface area (Å²) >= 11 is 0. The second-order valence-electron chi connectivity index (χ2n) is 6.63. The number of hydrogen-bond donors (Lipinski definition) is 1. The third kappa shape index (κ3) is 2.45. The van der Waals surface area contributed by atoms with Crippen molar-refractivity contribution in [3.05, 3.63) is 0 Å². The van der Waals surface area contributed by atoms with E-state index in [2.05, 4.69) is 18.7 Å². The Hall–Kier alpha value is -0.120. The van der Waals surface area contributed by atoms with Gasteiger partial charge < -0.3 is 10.5 Å². The zero-order valence-electron chi connectivity index (χ0n) is 12.4. The summed E-state index contributed by atoms with van der Waals surface area (Å²) in [4.78, 5) is 2.66. The molecule has 1 saturated heterocycles. The molecule has 3 atom stereocenters. The molecule has 0 spiro atoms. The normalized spacial score (nSPS) is 43.0. The first kappa shape index (κ1) is 14.3. The second-order valence-corrected chi connectivity index (χ2v) is 6.63. The van der Waals surface area contributed by atoms with E-state index in [1.54, 1.807) is 0 Å². The molecule has 1 heterocycles. The molecule has 0 aromatic heterocycles. The van der Waals surface area contributed by atoms with Gasteiger partial charge in [0.25, 0.3) is 0 Å². The van der Waals surface area contributed by atoms with Crippen molar-refractivity contribution in [1.29, 1.82) is 0 Å². The van der Waals surface area contributed by atoms with Crippen LogP contribution in [0.25, 0.3) is 0 Å². The molecule has 1 saturated carbocycles. The van der Waals surface area contributed by atoms with Gasteiger partial charge in [0.15, 0.2) is 0 Å². The van der Waals surface area contributed by atoms with Crippen molar-refractivity contribution in [3.63, 3.8) is 0 Å². The lowest BCUT2D eigenvalue weighted by Crippen LogP contribution is -2.64. The molecule has 0 radical (unpaired) electrons. The number of nitrogens with two attached hydrogens (primary N) is 1. The minimum atomic E-state index is 0.0254. The van der Waals surface area contributed by atoms with Crippen LogP contribution in [0.3, 0.4) is 0 Å². The molecule has 18 heavy (non-hydrogen) atoms. The van der Waals surface area contributed by atoms with Crippen LogP contribution in [-0.4, -0.2) is 42.8 Å². The van der Waals surface area contributed by atoms with E-state index in [9.17, 15) is 0 Å². The average molecular weight is 254 g/mol. The van der Waals surface area contributed by atoms with Gasteiger partial charge in [0.2, 0.25) is 0 Å². The van der Waals surface area contributed by atoms with Gasteiger partial charge in [-0.3, -0.25) is 4.90 Å². The smallest absolute Gasteiger partial charge is 0.0777 e. The monoisotopic (exact) mass is 254 g/mol. The number of likely N-dealkylation sites (tertiary alicyclic amines) is 1. The Morgan fingerprint density at radius 3 is 2.67 bits per heavy atom. The maximum absolute atomic E-state index is 6.21. The van der Waals surface area contributed by atoms with E-state index < -0.39 is 0 Å². The molecule has 2 N–H and O–H groups in total. The molecular weight excluding hydrogens is 224 g/mol. The summed E-state index contributed by atoms with van der Waals surface area (Å²) in [6.45, 7) is 7.68. The fourth-order valence-corrected chi connectivity index (χ4v) is 4.05. The minimum Gasteiger partial charge on any atom is -0.377 e. The number of piperidine rings is 1. The van der Waals surface area contributed by atoms with Crippen LogP contribution in [0.4, 0.5) is 0 Å². The van der Waals surface area contributed by atoms with E-state index in [1.807, 2.05) is 7.11 Å². The van der Waals surface area contributed by atoms with Crippen LogP contribution in [0.2, 0.25) is 0 Å². The van der Waals surface area contributed by atoms with E-state index in [1.165, 1.54) is 45.1 Å². The van der Waals surface area contributed by atoms with Gasteiger partial charge in [-0.1, -0.05) is 19.8 Å². The highest BCUT2D eigenvalue weighted by Crippen LogP contribution is 2.40. The Bertz CT molecular complexity index is 284. The first-order chi connectivity index (χ1) is 8.56. The quantitative estimate of drug-likeness (QED) is 0.840. The summed E-state index contributed by atoms with van der Waals surface area (Å²) < 4.78 is 5.74. The van der Waals surface area contributed by atoms with E-state index >= 15 is 0 Å². The molecule has 106 valence electrons. The molecule has 0 amide bonds. The molecule has 3 unspecified atom stereocenters. The first-order valence-corrected chi connectivity index (χ1v) is 7.57. The Labute approximate surface area is 112 Å². The molecule has 2 aliphatic rings. The largest absolute Gasteiger partial charge is 0.377 e. The predicted octanol–water partition coefficient (Wildman–Crippen LogP) is 2.39. The molecule has 0 aromatic rings. The zero-order chi connectivity index (χ0) is 13.2. The van der Waals surface area contributed by atoms with Gasteiger partial charge in [-0.2, -0.15) is 0 Å². The fraction of sp³-hybridized carbons (Fsp3) is 1.00. The van der Waals surface area contributed by atoms with Crippen molar-refractivity contribution >= 4 is 0 Å². The van der Waals surface area contributed by atoms with Crippen LogP contribution in [0.15, 0.2) is 0 Å². The zero-order valence-corrected chi connectivity index (χ0v) is 12.4. The number of nitrogens with zero attached hydrogens (tertiary/aromatic N) is 1. The summed E-state index contributed by atoms with van der Waals surface area (Å²) in [5.74, 6) is 0.718. The van der Waals surface area contributed by atoms with Crippen molar-refractivity contribution < 1.29 is 4.74 Å². The standard InChI is InChI=1S/C15H30N2O/c1-13-7-4-5-9-15(13,11-16)17-10-6-8-14(2,12-17)18-3/h13H,4-12,16H2,1-3H3. The SMILES string of the molecule is COC1(C)CCCN(C2(CN)CCCCC2C)C1. The number of rotatable bonds is 3. The van der Waals surface area contributed by atoms with E-state index in [4.69, 9.17) is 10.5 Å². The van der Waals surface area contributed by atoms with E-state index in [-0.39, 0.29) is 11.1 Å². The predicted molar refractivity (Wildman–Crippen MR) is 75.6 cm³/mol. The fourth-order valence-electron chi connectivity index (χ4n) is 4.05. The molecule has 0 bridgehead atoms. The molecule has 2 fully saturated rings. The summed E-state index contributed by atoms with van der Waals surface area (Å²) in [7, 11) is 1.85. The van der Waals surface area contributed by atoms with Crippen molar-refractivity contribution in [2.45, 2.75) is 63.5 Å². The van der Waals surface area contributed by atoms with Crippen molar-refractivity contribution in [1.82, 2.24) is 4.90 Å². The van der Waals surface area contributed by atoms with Gasteiger partial charge in [-0.05, 0) is 45.1 Å². The minimum absolute atomic E-state index is 0.0254. The maximum Gasteiger partial charge on any atom is 0.0777 e. The molecular formula is C15H30N2O. The van der Waals surface area contributed by atoms with Gasteiger partial charge in [0, 0.05) is 25.7 Å². The Morgan fingerprint density at radius 1 is 1.28 bits per heavy atom. The van der Waals surface area contributed by atoms with Gasteiger partial charge in [-0.25, -0.2) is 0 Å². The van der Waals surface area contributed by atoms with Crippen molar-refractivity contribution in [3.8, 4) is 0 Å². The van der Waals surface area contributed by atoms with Gasteiger partial charge >= 0.3 is 0 Å². The molecule has 1 aliphatic heterocycles. The van der Waals surface area contributed by atoms with Gasteiger partial charge in [-0.15, -0.1) is 0 Å². The maximum atomic E-state index is 6.21. The Kier molecular flexibility index (Phi) is 4.35. The summed E-state index contributed by atoms with van der Waals surface area (Å²) in [5.41, 5.74) is 6.47. The summed E-state index contributed by atoms with van der Waals surface area (Å²) in [6.07, 6.45) is 7.72. The van der Waals surface area contributed by atoms with Crippen LogP contribution in [0.1, 0.15) is 52.4 Å². The Morgan fingerprint density at radius 2 is 2.06 bits per heavy atom. The summed E-state index contributed by atoms with van der Waals surface area (Å²) in [5, 5.41) is 0.